The van der Waals surface area contributed by atoms with E-state index in [-0.39, 0.29) is 0 Å². The maximum absolute atomic E-state index is 2.41. The second-order valence-electron chi connectivity index (χ2n) is 6.65. The predicted octanol–water partition coefficient (Wildman–Crippen LogP) is 6.62. The van der Waals surface area contributed by atoms with Crippen LogP contribution in [-0.4, -0.2) is 0 Å². The molecular weight excluding hydrogens is 240 g/mol. The Labute approximate surface area is 127 Å². The van der Waals surface area contributed by atoms with E-state index in [0.717, 1.165) is 5.92 Å². The Balaban J connectivity index is 2.15. The molecule has 20 heavy (non-hydrogen) atoms. The number of aryl methyl sites for hydroxylation is 2. The van der Waals surface area contributed by atoms with Gasteiger partial charge in [0, 0.05) is 0 Å². The smallest absolute Gasteiger partial charge is 0.0250 e. The zero-order valence-corrected chi connectivity index (χ0v) is 14.2. The quantitative estimate of drug-likeness (QED) is 0.420. The molecule has 0 nitrogen and oxygen atoms in total. The zero-order valence-electron chi connectivity index (χ0n) is 14.2. The number of rotatable bonds is 10. The van der Waals surface area contributed by atoms with E-state index in [1.54, 1.807) is 5.56 Å². The Morgan fingerprint density at radius 2 is 1.55 bits per heavy atom. The minimum atomic E-state index is 0.826. The van der Waals surface area contributed by atoms with Gasteiger partial charge in [0.1, 0.15) is 0 Å². The largest absolute Gasteiger partial charge is 0.0654 e. The number of hydrogen-bond donors (Lipinski definition) is 0. The molecule has 0 saturated carbocycles. The molecular formula is C20H34. The third-order valence-electron chi connectivity index (χ3n) is 4.37. The lowest BCUT2D eigenvalue weighted by Crippen LogP contribution is -2.02. The Hall–Kier alpha value is -0.780. The molecule has 0 aliphatic heterocycles. The van der Waals surface area contributed by atoms with E-state index in [1.165, 1.54) is 68.9 Å². The molecule has 1 atom stereocenters. The summed E-state index contributed by atoms with van der Waals surface area (Å²) < 4.78 is 0. The molecule has 0 radical (unpaired) electrons. The van der Waals surface area contributed by atoms with Gasteiger partial charge in [-0.1, -0.05) is 89.0 Å². The molecule has 0 heterocycles. The molecule has 114 valence electrons. The van der Waals surface area contributed by atoms with Crippen molar-refractivity contribution in [3.8, 4) is 0 Å². The molecule has 0 bridgehead atoms. The summed E-state index contributed by atoms with van der Waals surface area (Å²) >= 11 is 0. The molecule has 0 fully saturated rings. The van der Waals surface area contributed by atoms with Gasteiger partial charge in [0.05, 0.1) is 0 Å². The monoisotopic (exact) mass is 274 g/mol. The van der Waals surface area contributed by atoms with Crippen molar-refractivity contribution in [3.63, 3.8) is 0 Å². The molecule has 1 rings (SSSR count). The van der Waals surface area contributed by atoms with E-state index in [1.807, 2.05) is 0 Å². The van der Waals surface area contributed by atoms with Gasteiger partial charge >= 0.3 is 0 Å². The van der Waals surface area contributed by atoms with E-state index in [0.29, 0.717) is 0 Å². The fraction of sp³-hybridized carbons (Fsp3) is 0.700. The fourth-order valence-corrected chi connectivity index (χ4v) is 3.00. The first-order chi connectivity index (χ1) is 9.63. The van der Waals surface area contributed by atoms with E-state index < -0.39 is 0 Å². The van der Waals surface area contributed by atoms with Gasteiger partial charge in [-0.3, -0.25) is 0 Å². The standard InChI is InChI=1S/C20H34/c1-5-6-7-8-9-10-11-12-17(2)16-20-14-13-18(3)15-19(20)4/h13-15,17H,5-12,16H2,1-4H3. The van der Waals surface area contributed by atoms with Gasteiger partial charge in [-0.2, -0.15) is 0 Å². The lowest BCUT2D eigenvalue weighted by Gasteiger charge is -2.13. The third-order valence-corrected chi connectivity index (χ3v) is 4.37. The first-order valence-electron chi connectivity index (χ1n) is 8.69. The van der Waals surface area contributed by atoms with Crippen molar-refractivity contribution in [1.29, 1.82) is 0 Å². The minimum Gasteiger partial charge on any atom is -0.0654 e. The van der Waals surface area contributed by atoms with Gasteiger partial charge in [0.15, 0.2) is 0 Å². The molecule has 1 aromatic rings. The molecule has 1 unspecified atom stereocenters. The van der Waals surface area contributed by atoms with Crippen molar-refractivity contribution >= 4 is 0 Å². The Morgan fingerprint density at radius 3 is 2.20 bits per heavy atom. The van der Waals surface area contributed by atoms with Crippen molar-refractivity contribution in [1.82, 2.24) is 0 Å². The molecule has 0 heteroatoms. The third kappa shape index (κ3) is 7.12. The minimum absolute atomic E-state index is 0.826. The zero-order chi connectivity index (χ0) is 14.8. The number of benzene rings is 1. The lowest BCUT2D eigenvalue weighted by molar-refractivity contribution is 0.479. The highest BCUT2D eigenvalue weighted by Gasteiger charge is 2.06. The van der Waals surface area contributed by atoms with Gasteiger partial charge in [0.25, 0.3) is 0 Å². The SMILES string of the molecule is CCCCCCCCCC(C)Cc1ccc(C)cc1C. The molecule has 0 N–H and O–H groups in total. The summed E-state index contributed by atoms with van der Waals surface area (Å²) in [5.41, 5.74) is 4.40. The summed E-state index contributed by atoms with van der Waals surface area (Å²) in [4.78, 5) is 0. The summed E-state index contributed by atoms with van der Waals surface area (Å²) in [7, 11) is 0. The van der Waals surface area contributed by atoms with Crippen LogP contribution in [0.15, 0.2) is 18.2 Å². The van der Waals surface area contributed by atoms with Crippen molar-refractivity contribution in [2.45, 2.75) is 85.5 Å². The Bertz CT molecular complexity index is 364. The second kappa shape index (κ2) is 10.0. The van der Waals surface area contributed by atoms with Crippen LogP contribution in [-0.2, 0) is 6.42 Å². The summed E-state index contributed by atoms with van der Waals surface area (Å²) in [6.45, 7) is 9.13. The highest BCUT2D eigenvalue weighted by Crippen LogP contribution is 2.19. The van der Waals surface area contributed by atoms with Gasteiger partial charge in [-0.15, -0.1) is 0 Å². The first-order valence-corrected chi connectivity index (χ1v) is 8.69. The van der Waals surface area contributed by atoms with E-state index >= 15 is 0 Å². The predicted molar refractivity (Wildman–Crippen MR) is 91.4 cm³/mol. The maximum atomic E-state index is 2.41. The van der Waals surface area contributed by atoms with Crippen LogP contribution in [0.4, 0.5) is 0 Å². The average Bonchev–Trinajstić information content (AvgIpc) is 2.41. The van der Waals surface area contributed by atoms with Gasteiger partial charge in [0.2, 0.25) is 0 Å². The lowest BCUT2D eigenvalue weighted by atomic mass is 9.92. The molecule has 0 amide bonds. The summed E-state index contributed by atoms with van der Waals surface area (Å²) in [5.74, 6) is 0.826. The second-order valence-corrected chi connectivity index (χ2v) is 6.65. The van der Waals surface area contributed by atoms with Crippen LogP contribution in [0.5, 0.6) is 0 Å². The molecule has 0 saturated heterocycles. The van der Waals surface area contributed by atoms with Crippen LogP contribution in [0.25, 0.3) is 0 Å². The van der Waals surface area contributed by atoms with E-state index in [9.17, 15) is 0 Å². The molecule has 0 aliphatic rings. The highest BCUT2D eigenvalue weighted by molar-refractivity contribution is 5.30. The van der Waals surface area contributed by atoms with Gasteiger partial charge < -0.3 is 0 Å². The van der Waals surface area contributed by atoms with Crippen molar-refractivity contribution < 1.29 is 0 Å². The van der Waals surface area contributed by atoms with Crippen LogP contribution < -0.4 is 0 Å². The van der Waals surface area contributed by atoms with Crippen molar-refractivity contribution in [2.75, 3.05) is 0 Å². The number of hydrogen-bond acceptors (Lipinski definition) is 0. The molecule has 0 aliphatic carbocycles. The average molecular weight is 274 g/mol. The highest BCUT2D eigenvalue weighted by atomic mass is 14.1. The van der Waals surface area contributed by atoms with Crippen LogP contribution in [0, 0.1) is 19.8 Å². The summed E-state index contributed by atoms with van der Waals surface area (Å²) in [6.07, 6.45) is 12.6. The van der Waals surface area contributed by atoms with Crippen LogP contribution in [0.3, 0.4) is 0 Å². The molecule has 0 spiro atoms. The van der Waals surface area contributed by atoms with Gasteiger partial charge in [-0.05, 0) is 37.3 Å². The van der Waals surface area contributed by atoms with Crippen LogP contribution in [0.1, 0.15) is 81.9 Å². The van der Waals surface area contributed by atoms with E-state index in [2.05, 4.69) is 45.9 Å². The summed E-state index contributed by atoms with van der Waals surface area (Å²) in [5, 5.41) is 0. The van der Waals surface area contributed by atoms with Crippen LogP contribution in [0.2, 0.25) is 0 Å². The molecule has 1 aromatic carbocycles. The maximum Gasteiger partial charge on any atom is -0.0250 e. The van der Waals surface area contributed by atoms with Crippen LogP contribution >= 0.6 is 0 Å². The van der Waals surface area contributed by atoms with Crippen molar-refractivity contribution in [2.24, 2.45) is 5.92 Å². The Morgan fingerprint density at radius 1 is 0.900 bits per heavy atom. The van der Waals surface area contributed by atoms with Gasteiger partial charge in [-0.25, -0.2) is 0 Å². The molecule has 0 aromatic heterocycles. The van der Waals surface area contributed by atoms with Crippen molar-refractivity contribution in [3.05, 3.63) is 34.9 Å². The number of unbranched alkanes of at least 4 members (excludes halogenated alkanes) is 6. The summed E-state index contributed by atoms with van der Waals surface area (Å²) in [6, 6.07) is 6.89. The topological polar surface area (TPSA) is 0 Å². The first kappa shape index (κ1) is 17.3. The Kier molecular flexibility index (Phi) is 8.65. The van der Waals surface area contributed by atoms with E-state index in [4.69, 9.17) is 0 Å². The normalized spacial score (nSPS) is 12.6. The fourth-order valence-electron chi connectivity index (χ4n) is 3.00.